The molecule has 0 bridgehead atoms. The number of Topliss-reactive ketones (excluding diaryl/α,β-unsaturated/α-hetero) is 2. The maximum atomic E-state index is 17.3. The van der Waals surface area contributed by atoms with Gasteiger partial charge in [0.25, 0.3) is 0 Å². The van der Waals surface area contributed by atoms with E-state index in [0.717, 1.165) is 44.8 Å². The number of hydrogen-bond acceptors (Lipinski definition) is 14. The van der Waals surface area contributed by atoms with Crippen molar-refractivity contribution >= 4 is 57.0 Å². The number of hydrogen-bond donors (Lipinski definition) is 3. The molecule has 6 saturated carbocycles. The van der Waals surface area contributed by atoms with E-state index in [1.807, 2.05) is 25.7 Å². The van der Waals surface area contributed by atoms with Crippen LogP contribution >= 0.6 is 15.9 Å². The predicted molar refractivity (Wildman–Crippen MR) is 249 cm³/mol. The van der Waals surface area contributed by atoms with E-state index >= 15 is 8.78 Å². The highest BCUT2D eigenvalue weighted by atomic mass is 79.9. The minimum absolute atomic E-state index is 0.0118. The highest BCUT2D eigenvalue weighted by Crippen LogP contribution is 2.71. The fourth-order valence-corrected chi connectivity index (χ4v) is 16.1. The summed E-state index contributed by atoms with van der Waals surface area (Å²) in [6, 6.07) is 0. The van der Waals surface area contributed by atoms with Crippen LogP contribution in [0, 0.1) is 51.2 Å². The summed E-state index contributed by atoms with van der Waals surface area (Å²) >= 11 is 3.14. The zero-order chi connectivity index (χ0) is 51.0. The minimum atomic E-state index is -2.34. The van der Waals surface area contributed by atoms with Crippen LogP contribution in [-0.4, -0.2) is 129 Å². The Morgan fingerprint density at radius 1 is 0.826 bits per heavy atom. The number of nitrogens with zero attached hydrogens (tertiary/aromatic N) is 1. The number of halogens is 3. The van der Waals surface area contributed by atoms with E-state index in [4.69, 9.17) is 14.2 Å². The normalized spacial score (nSPS) is 42.9. The Kier molecular flexibility index (Phi) is 14.5. The predicted octanol–water partition coefficient (Wildman–Crippen LogP) is 6.14. The van der Waals surface area contributed by atoms with Crippen LogP contribution in [0.25, 0.3) is 0 Å². The van der Waals surface area contributed by atoms with Crippen molar-refractivity contribution in [3.05, 3.63) is 33.9 Å². The maximum Gasteiger partial charge on any atom is 0.320 e. The van der Waals surface area contributed by atoms with Crippen LogP contribution in [0.2, 0.25) is 0 Å². The third-order valence-electron chi connectivity index (χ3n) is 19.1. The lowest BCUT2D eigenvalue weighted by Crippen LogP contribution is -2.70. The monoisotopic (exact) mass is 1030 g/mol. The average molecular weight is 1040 g/mol. The maximum absolute atomic E-state index is 17.3. The van der Waals surface area contributed by atoms with Gasteiger partial charge in [-0.05, 0) is 147 Å². The second kappa shape index (κ2) is 18.8. The Morgan fingerprint density at radius 2 is 1.48 bits per heavy atom. The SMILES string of the molecule is CC(=O)OCC(=O)[C@@]1(OC(C)=O)CC[C@H]2[C@@H]3C[C@@H](F)C4=CC(=O)C(Br)=C[C@]4(C)[C@@]3(F)[C@@H](O)C[C@@]21C.CCN(CC)CC(=O)OCC(=O)[C@@]1(O)CC[C@H]2[C@@H]3CCC4=CC(=O)CC[C@]4(C)[C@H]3[C@@H](O)C[C@@]21C. The molecule has 69 heavy (non-hydrogen) atoms. The summed E-state index contributed by atoms with van der Waals surface area (Å²) in [6.07, 6.45) is 4.38. The van der Waals surface area contributed by atoms with Gasteiger partial charge in [0, 0.05) is 42.4 Å². The number of allylic oxidation sites excluding steroid dienone is 5. The molecule has 0 aliphatic heterocycles. The van der Waals surface area contributed by atoms with E-state index in [0.29, 0.717) is 38.8 Å². The summed E-state index contributed by atoms with van der Waals surface area (Å²) in [7, 11) is 0. The Bertz CT molecular complexity index is 2260. The number of aliphatic hydroxyl groups is 3. The number of ether oxygens (including phenoxy) is 3. The number of fused-ring (bicyclic) bond motifs is 10. The van der Waals surface area contributed by atoms with Crippen LogP contribution in [0.4, 0.5) is 8.78 Å². The highest BCUT2D eigenvalue weighted by molar-refractivity contribution is 9.12. The molecule has 0 unspecified atom stereocenters. The van der Waals surface area contributed by atoms with E-state index in [9.17, 15) is 48.9 Å². The second-order valence-corrected chi connectivity index (χ2v) is 23.0. The molecule has 14 nitrogen and oxygen atoms in total. The topological polar surface area (TPSA) is 211 Å². The fraction of sp³-hybridized carbons (Fsp3) is 0.750. The molecule has 382 valence electrons. The smallest absolute Gasteiger partial charge is 0.320 e. The lowest BCUT2D eigenvalue weighted by molar-refractivity contribution is -0.228. The Hall–Kier alpha value is -3.51. The zero-order valence-corrected chi connectivity index (χ0v) is 42.8. The molecule has 15 atom stereocenters. The third kappa shape index (κ3) is 8.27. The molecule has 0 spiro atoms. The second-order valence-electron chi connectivity index (χ2n) is 22.2. The van der Waals surface area contributed by atoms with Crippen molar-refractivity contribution in [1.29, 1.82) is 0 Å². The fourth-order valence-electron chi connectivity index (χ4n) is 15.5. The van der Waals surface area contributed by atoms with Crippen molar-refractivity contribution in [1.82, 2.24) is 4.90 Å². The summed E-state index contributed by atoms with van der Waals surface area (Å²) in [6.45, 7) is 14.0. The molecule has 0 heterocycles. The van der Waals surface area contributed by atoms with Gasteiger partial charge in [-0.25, -0.2) is 8.78 Å². The molecule has 8 aliphatic carbocycles. The van der Waals surface area contributed by atoms with Crippen molar-refractivity contribution in [2.24, 2.45) is 51.2 Å². The first-order chi connectivity index (χ1) is 32.1. The number of esters is 3. The first kappa shape index (κ1) is 53.3. The van der Waals surface area contributed by atoms with E-state index in [-0.39, 0.29) is 71.2 Å². The highest BCUT2D eigenvalue weighted by Gasteiger charge is 2.77. The molecular weight excluding hydrogens is 964 g/mol. The number of likely N-dealkylation sites (N-methyl/N-ethyl adjacent to an activating group) is 1. The number of rotatable bonds is 11. The molecule has 6 fully saturated rings. The number of carbonyl (C=O) groups excluding carboxylic acids is 7. The summed E-state index contributed by atoms with van der Waals surface area (Å²) in [5.41, 5.74) is -8.37. The number of aliphatic hydroxyl groups excluding tert-OH is 2. The summed E-state index contributed by atoms with van der Waals surface area (Å²) in [5.74, 6) is -4.62. The first-order valence-electron chi connectivity index (χ1n) is 24.7. The number of ketones is 4. The van der Waals surface area contributed by atoms with Crippen LogP contribution in [-0.2, 0) is 47.8 Å². The van der Waals surface area contributed by atoms with E-state index < -0.39 is 112 Å². The lowest BCUT2D eigenvalue weighted by Gasteiger charge is -2.63. The van der Waals surface area contributed by atoms with Crippen LogP contribution in [0.3, 0.4) is 0 Å². The van der Waals surface area contributed by atoms with Gasteiger partial charge in [0.2, 0.25) is 11.6 Å². The van der Waals surface area contributed by atoms with Gasteiger partial charge in [-0.3, -0.25) is 38.5 Å². The molecule has 0 amide bonds. The minimum Gasteiger partial charge on any atom is -0.458 e. The molecule has 0 radical (unpaired) electrons. The molecule has 8 rings (SSSR count). The molecular formula is C52H70BrF2NO13. The van der Waals surface area contributed by atoms with Crippen molar-refractivity contribution in [2.75, 3.05) is 32.8 Å². The average Bonchev–Trinajstić information content (AvgIpc) is 3.72. The summed E-state index contributed by atoms with van der Waals surface area (Å²) in [4.78, 5) is 88.5. The third-order valence-corrected chi connectivity index (χ3v) is 19.7. The quantitative estimate of drug-likeness (QED) is 0.157. The molecule has 17 heteroatoms. The van der Waals surface area contributed by atoms with Gasteiger partial charge in [-0.1, -0.05) is 46.3 Å². The van der Waals surface area contributed by atoms with E-state index in [1.165, 1.54) is 13.0 Å². The van der Waals surface area contributed by atoms with Gasteiger partial charge in [-0.2, -0.15) is 0 Å². The molecule has 3 N–H and O–H groups in total. The van der Waals surface area contributed by atoms with Gasteiger partial charge in [0.1, 0.15) is 11.8 Å². The Morgan fingerprint density at radius 3 is 2.12 bits per heavy atom. The molecule has 0 aromatic heterocycles. The number of alkyl halides is 2. The number of carbonyl (C=O) groups is 7. The first-order valence-corrected chi connectivity index (χ1v) is 25.5. The molecule has 0 saturated heterocycles. The lowest BCUT2D eigenvalue weighted by atomic mass is 9.44. The standard InChI is InChI=1S/C27H41NO6.C25H29BrF2O7/c1-5-28(6-2)15-23(32)34-16-22(31)27(33)12-10-20-19-8-7-17-13-18(29)9-11-25(17,3)24(19)21(30)14-26(20,27)4;1-12(29)34-11-21(33)24(35-13(2)30)6-5-14-15-7-18(27)16-8-19(31)17(26)9-23(16,4)25(15,28)20(32)10-22(14,24)3/h13,19-21,24,30,33H,5-12,14-16H2,1-4H3;8-9,14-15,18,20,32H,5-7,10-11H2,1-4H3/t19-,20-,21-,24+,25-,26-,27-;14-,15-,18+,20-,22-,23-,24-,25-/m00/s1. The van der Waals surface area contributed by atoms with Crippen molar-refractivity contribution < 1.29 is 71.9 Å². The molecule has 0 aromatic carbocycles. The molecule has 0 aromatic rings. The summed E-state index contributed by atoms with van der Waals surface area (Å²) < 4.78 is 48.7. The Balaban J connectivity index is 0.000000204. The van der Waals surface area contributed by atoms with Crippen LogP contribution in [0.15, 0.2) is 33.9 Å². The van der Waals surface area contributed by atoms with Gasteiger partial charge in [-0.15, -0.1) is 0 Å². The molecule has 8 aliphatic rings. The van der Waals surface area contributed by atoms with Gasteiger partial charge >= 0.3 is 17.9 Å². The summed E-state index contributed by atoms with van der Waals surface area (Å²) in [5, 5.41) is 34.6. The van der Waals surface area contributed by atoms with Crippen LogP contribution in [0.1, 0.15) is 126 Å². The van der Waals surface area contributed by atoms with Gasteiger partial charge < -0.3 is 29.5 Å². The Labute approximate surface area is 411 Å². The van der Waals surface area contributed by atoms with E-state index in [2.05, 4.69) is 22.9 Å². The van der Waals surface area contributed by atoms with Gasteiger partial charge in [0.15, 0.2) is 36.1 Å². The zero-order valence-electron chi connectivity index (χ0n) is 41.2. The van der Waals surface area contributed by atoms with Crippen LogP contribution in [0.5, 0.6) is 0 Å². The van der Waals surface area contributed by atoms with Crippen molar-refractivity contribution in [3.63, 3.8) is 0 Å². The van der Waals surface area contributed by atoms with Crippen molar-refractivity contribution in [2.45, 2.75) is 161 Å². The van der Waals surface area contributed by atoms with Crippen LogP contribution < -0.4 is 0 Å². The van der Waals surface area contributed by atoms with Crippen molar-refractivity contribution in [3.8, 4) is 0 Å². The van der Waals surface area contributed by atoms with E-state index in [1.54, 1.807) is 13.0 Å². The van der Waals surface area contributed by atoms with Gasteiger partial charge in [0.05, 0.1) is 23.2 Å². The largest absolute Gasteiger partial charge is 0.458 e.